The zero-order valence-electron chi connectivity index (χ0n) is 22.0. The fourth-order valence-electron chi connectivity index (χ4n) is 5.26. The molecule has 7 heterocycles. The lowest BCUT2D eigenvalue weighted by Gasteiger charge is -2.41. The molecule has 4 aromatic rings. The Morgan fingerprint density at radius 2 is 1.41 bits per heavy atom. The number of nitrogens with zero attached hydrogens (tertiary/aromatic N) is 8. The smallest absolute Gasteiger partial charge is 0.386 e. The molecule has 8 unspecified atom stereocenters. The number of nitrogens with two attached hydrogens (primary N) is 2. The van der Waals surface area contributed by atoms with Crippen LogP contribution in [0.15, 0.2) is 25.3 Å². The average Bonchev–Trinajstić information content (AvgIpc) is 3.66. The molecular weight excluding hydrogens is 666 g/mol. The normalized spacial score (nSPS) is 38.3. The first-order valence-corrected chi connectivity index (χ1v) is 18.1. The van der Waals surface area contributed by atoms with Gasteiger partial charge in [0.2, 0.25) is 0 Å². The van der Waals surface area contributed by atoms with E-state index in [1.54, 1.807) is 0 Å². The van der Waals surface area contributed by atoms with Gasteiger partial charge in [-0.25, -0.2) is 34.5 Å². The zero-order valence-corrected chi connectivity index (χ0v) is 25.5. The van der Waals surface area contributed by atoms with Crippen LogP contribution in [0.5, 0.6) is 0 Å². The highest BCUT2D eigenvalue weighted by Crippen LogP contribution is 2.60. The number of fused-ring (bicyclic) bond motifs is 4. The highest BCUT2D eigenvalue weighted by Gasteiger charge is 2.53. The van der Waals surface area contributed by atoms with Crippen LogP contribution in [-0.4, -0.2) is 104 Å². The van der Waals surface area contributed by atoms with Crippen LogP contribution in [0.4, 0.5) is 11.6 Å². The van der Waals surface area contributed by atoms with Gasteiger partial charge in [0.05, 0.1) is 25.9 Å². The van der Waals surface area contributed by atoms with E-state index in [1.807, 2.05) is 0 Å². The molecule has 0 bridgehead atoms. The van der Waals surface area contributed by atoms with Gasteiger partial charge < -0.3 is 40.6 Å². The van der Waals surface area contributed by atoms with Crippen LogP contribution in [-0.2, 0) is 43.9 Å². The minimum absolute atomic E-state index is 0.106. The molecule has 3 fully saturated rings. The number of hydrogen-bond acceptors (Lipinski definition) is 18. The molecule has 4 aromatic heterocycles. The minimum atomic E-state index is -4.38. The molecule has 3 aliphatic heterocycles. The molecule has 0 radical (unpaired) electrons. The Balaban J connectivity index is 1.17. The first-order chi connectivity index (χ1) is 20.9. The van der Waals surface area contributed by atoms with Crippen molar-refractivity contribution in [2.24, 2.45) is 0 Å². The third kappa shape index (κ3) is 5.28. The second-order valence-electron chi connectivity index (χ2n) is 9.95. The summed E-state index contributed by atoms with van der Waals surface area (Å²) in [5.41, 5.74) is 12.8. The predicted octanol–water partition coefficient (Wildman–Crippen LogP) is -0.581. The first-order valence-electron chi connectivity index (χ1n) is 12.8. The van der Waals surface area contributed by atoms with Crippen LogP contribution >= 0.6 is 25.8 Å². The third-order valence-corrected chi connectivity index (χ3v) is 10.4. The fourth-order valence-corrected chi connectivity index (χ4v) is 8.54. The number of aliphatic hydroxyl groups excluding tert-OH is 2. The molecule has 236 valence electrons. The van der Waals surface area contributed by atoms with Crippen molar-refractivity contribution in [1.29, 1.82) is 0 Å². The van der Waals surface area contributed by atoms with E-state index < -0.39 is 69.2 Å². The lowest BCUT2D eigenvalue weighted by Crippen LogP contribution is -2.52. The van der Waals surface area contributed by atoms with Crippen LogP contribution in [0.25, 0.3) is 22.3 Å². The predicted molar refractivity (Wildman–Crippen MR) is 154 cm³/mol. The van der Waals surface area contributed by atoms with Crippen LogP contribution < -0.4 is 11.5 Å². The molecule has 0 aromatic carbocycles. The van der Waals surface area contributed by atoms with E-state index in [1.165, 1.54) is 34.4 Å². The van der Waals surface area contributed by atoms with E-state index in [0.29, 0.717) is 0 Å². The maximum absolute atomic E-state index is 13.6. The molecular formula is C20H24N10O10P2S2. The Labute approximate surface area is 256 Å². The molecule has 7 N–H and O–H groups in total. The van der Waals surface area contributed by atoms with Crippen molar-refractivity contribution in [3.05, 3.63) is 25.3 Å². The average molecular weight is 691 g/mol. The second kappa shape index (κ2) is 11.1. The van der Waals surface area contributed by atoms with Crippen molar-refractivity contribution in [3.63, 3.8) is 0 Å². The minimum Gasteiger partial charge on any atom is -0.386 e. The van der Waals surface area contributed by atoms with Crippen LogP contribution in [0.1, 0.15) is 12.5 Å². The fraction of sp³-hybridized carbons (Fsp3) is 0.500. The van der Waals surface area contributed by atoms with Crippen LogP contribution in [0, 0.1) is 0 Å². The van der Waals surface area contributed by atoms with Gasteiger partial charge in [-0.15, -0.1) is 0 Å². The molecule has 0 amide bonds. The van der Waals surface area contributed by atoms with Gasteiger partial charge in [-0.3, -0.25) is 22.7 Å². The molecule has 0 saturated carbocycles. The zero-order chi connectivity index (χ0) is 31.0. The summed E-state index contributed by atoms with van der Waals surface area (Å²) >= 11 is 9.36. The summed E-state index contributed by atoms with van der Waals surface area (Å²) in [5, 5.41) is 22.6. The van der Waals surface area contributed by atoms with Gasteiger partial charge in [-0.05, 0) is 11.8 Å². The SMILES string of the molecule is Nc1ncnc2c1ncn2C1O[C@@H]2COP(O)(=S)OC3C(CO[C@@H](n4cnc5c(N)ncnc54)C3O)OP(=O)(S)OC2C1O. The summed E-state index contributed by atoms with van der Waals surface area (Å²) in [5.74, 6) is 0.212. The standard InChI is InChI=1S/C20H24N10O10P2S2/c21-15-9-17(25-3-23-15)29(5-27-9)19-11(31)14-8(1-35-19)38-42(34,44)40-13-7(2-36-41(33,43)39-14)37-20(12(13)32)30-6-28-10-16(22)24-4-26-18(10)30/h3-8,11-14,19-20,31-32H,1-2H2,(H,33,43)(H,34,44)(H2,21,23,25)(H2,22,24,26)/t7-,8?,11?,12?,13?,14?,19-,20?,41?,42?/m1/s1. The number of rotatable bonds is 2. The van der Waals surface area contributed by atoms with E-state index in [2.05, 4.69) is 42.2 Å². The molecule has 24 heteroatoms. The third-order valence-electron chi connectivity index (χ3n) is 7.24. The van der Waals surface area contributed by atoms with Crippen molar-refractivity contribution in [2.75, 3.05) is 24.7 Å². The number of aromatic nitrogens is 8. The van der Waals surface area contributed by atoms with Crippen molar-refractivity contribution in [1.82, 2.24) is 39.0 Å². The van der Waals surface area contributed by atoms with Gasteiger partial charge in [-0.1, -0.05) is 12.2 Å². The monoisotopic (exact) mass is 690 g/mol. The number of nitrogen functional groups attached to an aromatic ring is 2. The Morgan fingerprint density at radius 1 is 0.841 bits per heavy atom. The number of aliphatic hydroxyl groups is 2. The largest absolute Gasteiger partial charge is 0.387 e. The van der Waals surface area contributed by atoms with E-state index in [4.69, 9.17) is 50.8 Å². The van der Waals surface area contributed by atoms with Crippen molar-refractivity contribution < 1.29 is 47.2 Å². The van der Waals surface area contributed by atoms with Gasteiger partial charge in [-0.2, -0.15) is 0 Å². The van der Waals surface area contributed by atoms with Crippen molar-refractivity contribution in [2.45, 2.75) is 49.1 Å². The number of thiol groups is 1. The molecule has 20 nitrogen and oxygen atoms in total. The van der Waals surface area contributed by atoms with Crippen LogP contribution in [0.3, 0.4) is 0 Å². The molecule has 44 heavy (non-hydrogen) atoms. The highest BCUT2D eigenvalue weighted by atomic mass is 32.7. The molecule has 3 aliphatic rings. The summed E-state index contributed by atoms with van der Waals surface area (Å²) in [7, 11) is 0. The Morgan fingerprint density at radius 3 is 2.05 bits per heavy atom. The Kier molecular flexibility index (Phi) is 7.64. The topological polar surface area (TPSA) is 272 Å². The lowest BCUT2D eigenvalue weighted by molar-refractivity contribution is -0.199. The molecule has 10 atom stereocenters. The van der Waals surface area contributed by atoms with E-state index in [9.17, 15) is 19.7 Å². The van der Waals surface area contributed by atoms with E-state index >= 15 is 0 Å². The summed E-state index contributed by atoms with van der Waals surface area (Å²) in [4.78, 5) is 35.5. The van der Waals surface area contributed by atoms with Crippen LogP contribution in [0.2, 0.25) is 0 Å². The molecule has 7 rings (SSSR count). The quantitative estimate of drug-likeness (QED) is 0.113. The molecule has 3 saturated heterocycles. The second-order valence-corrected chi connectivity index (χ2v) is 15.6. The van der Waals surface area contributed by atoms with E-state index in [-0.39, 0.29) is 40.6 Å². The Bertz CT molecular complexity index is 1750. The molecule has 0 spiro atoms. The number of ether oxygens (including phenoxy) is 2. The maximum Gasteiger partial charge on any atom is 0.387 e. The number of hydrogen-bond donors (Lipinski definition) is 6. The Hall–Kier alpha value is -2.43. The van der Waals surface area contributed by atoms with Gasteiger partial charge in [0.25, 0.3) is 0 Å². The summed E-state index contributed by atoms with van der Waals surface area (Å²) < 4.78 is 50.9. The maximum atomic E-state index is 13.6. The van der Waals surface area contributed by atoms with E-state index in [0.717, 1.165) is 0 Å². The first kappa shape index (κ1) is 30.2. The molecule has 0 aliphatic carbocycles. The lowest BCUT2D eigenvalue weighted by atomic mass is 10.0. The van der Waals surface area contributed by atoms with Crippen molar-refractivity contribution in [3.8, 4) is 0 Å². The van der Waals surface area contributed by atoms with Gasteiger partial charge in [0.1, 0.15) is 60.3 Å². The summed E-state index contributed by atoms with van der Waals surface area (Å²) in [6.07, 6.45) is -5.76. The van der Waals surface area contributed by atoms with Gasteiger partial charge in [0.15, 0.2) is 35.4 Å². The summed E-state index contributed by atoms with van der Waals surface area (Å²) in [6, 6.07) is 0. The highest BCUT2D eigenvalue weighted by molar-refractivity contribution is 8.44. The number of anilines is 2. The summed E-state index contributed by atoms with van der Waals surface area (Å²) in [6.45, 7) is -9.38. The van der Waals surface area contributed by atoms with Gasteiger partial charge in [0, 0.05) is 0 Å². The number of imidazole rings is 2. The van der Waals surface area contributed by atoms with Crippen molar-refractivity contribution >= 4 is 71.5 Å². The van der Waals surface area contributed by atoms with Gasteiger partial charge >= 0.3 is 13.5 Å².